The van der Waals surface area contributed by atoms with Crippen LogP contribution in [0.3, 0.4) is 0 Å². The van der Waals surface area contributed by atoms with E-state index in [2.05, 4.69) is 20.6 Å². The normalized spacial score (nSPS) is 10.5. The van der Waals surface area contributed by atoms with Crippen LogP contribution in [0.1, 0.15) is 16.2 Å². The quantitative estimate of drug-likeness (QED) is 0.694. The Morgan fingerprint density at radius 3 is 2.54 bits per heavy atom. The maximum Gasteiger partial charge on any atom is 0.274 e. The summed E-state index contributed by atoms with van der Waals surface area (Å²) in [6.07, 6.45) is 0. The van der Waals surface area contributed by atoms with Gasteiger partial charge in [0.05, 0.1) is 0 Å². The zero-order valence-electron chi connectivity index (χ0n) is 13.6. The van der Waals surface area contributed by atoms with Gasteiger partial charge in [0.15, 0.2) is 11.6 Å². The van der Waals surface area contributed by atoms with Gasteiger partial charge in [-0.25, -0.2) is 18.7 Å². The monoisotopic (exact) mass is 374 g/mol. The van der Waals surface area contributed by atoms with Crippen molar-refractivity contribution < 1.29 is 13.6 Å². The van der Waals surface area contributed by atoms with Crippen LogP contribution in [-0.2, 0) is 0 Å². The van der Waals surface area contributed by atoms with Crippen LogP contribution in [-0.4, -0.2) is 15.9 Å². The molecule has 2 N–H and O–H groups in total. The van der Waals surface area contributed by atoms with Crippen LogP contribution in [0.15, 0.2) is 48.5 Å². The summed E-state index contributed by atoms with van der Waals surface area (Å²) >= 11 is 5.94. The number of aryl methyl sites for hydroxylation is 1. The first kappa shape index (κ1) is 17.8. The summed E-state index contributed by atoms with van der Waals surface area (Å²) in [6, 6.07) is 11.5. The molecule has 0 bridgehead atoms. The van der Waals surface area contributed by atoms with E-state index in [1.54, 1.807) is 31.2 Å². The number of aromatic nitrogens is 2. The number of nitrogens with zero attached hydrogens (tertiary/aromatic N) is 2. The van der Waals surface area contributed by atoms with E-state index in [-0.39, 0.29) is 17.3 Å². The SMILES string of the molecule is Cc1cc(C(=O)Nc2ccc(F)c(F)c2)nc(Nc2cccc(Cl)c2)n1. The van der Waals surface area contributed by atoms with Crippen molar-refractivity contribution in [3.05, 3.63) is 76.6 Å². The third-order valence-corrected chi connectivity index (χ3v) is 3.58. The lowest BCUT2D eigenvalue weighted by atomic mass is 10.2. The minimum atomic E-state index is -1.05. The second kappa shape index (κ2) is 7.45. The highest BCUT2D eigenvalue weighted by Crippen LogP contribution is 2.19. The van der Waals surface area contributed by atoms with Gasteiger partial charge in [0.25, 0.3) is 5.91 Å². The molecule has 2 aromatic carbocycles. The largest absolute Gasteiger partial charge is 0.324 e. The molecule has 0 fully saturated rings. The molecule has 8 heteroatoms. The summed E-state index contributed by atoms with van der Waals surface area (Å²) < 4.78 is 26.2. The number of benzene rings is 2. The average Bonchev–Trinajstić information content (AvgIpc) is 2.57. The van der Waals surface area contributed by atoms with E-state index in [1.807, 2.05) is 0 Å². The van der Waals surface area contributed by atoms with Gasteiger partial charge in [-0.1, -0.05) is 17.7 Å². The Hall–Kier alpha value is -3.06. The first-order chi connectivity index (χ1) is 12.4. The summed E-state index contributed by atoms with van der Waals surface area (Å²) in [4.78, 5) is 20.7. The first-order valence-corrected chi connectivity index (χ1v) is 7.93. The molecule has 1 heterocycles. The van der Waals surface area contributed by atoms with Crippen molar-refractivity contribution in [2.45, 2.75) is 6.92 Å². The lowest BCUT2D eigenvalue weighted by molar-refractivity contribution is 0.102. The number of amides is 1. The minimum absolute atomic E-state index is 0.0757. The van der Waals surface area contributed by atoms with Crippen LogP contribution in [0.5, 0.6) is 0 Å². The van der Waals surface area contributed by atoms with Gasteiger partial charge in [0, 0.05) is 28.2 Å². The number of rotatable bonds is 4. The Kier molecular flexibility index (Phi) is 5.09. The lowest BCUT2D eigenvalue weighted by Gasteiger charge is -2.09. The van der Waals surface area contributed by atoms with Gasteiger partial charge in [-0.15, -0.1) is 0 Å². The Bertz CT molecular complexity index is 981. The van der Waals surface area contributed by atoms with Crippen molar-refractivity contribution in [1.29, 1.82) is 0 Å². The van der Waals surface area contributed by atoms with Crippen molar-refractivity contribution >= 4 is 34.8 Å². The molecule has 0 atom stereocenters. The molecule has 132 valence electrons. The molecular formula is C18H13ClF2N4O. The topological polar surface area (TPSA) is 66.9 Å². The van der Waals surface area contributed by atoms with E-state index >= 15 is 0 Å². The summed E-state index contributed by atoms with van der Waals surface area (Å²) in [5.74, 6) is -2.41. The molecule has 0 saturated heterocycles. The number of carbonyl (C=O) groups is 1. The Morgan fingerprint density at radius 2 is 1.81 bits per heavy atom. The highest BCUT2D eigenvalue weighted by Gasteiger charge is 2.12. The molecule has 1 aromatic heterocycles. The minimum Gasteiger partial charge on any atom is -0.324 e. The van der Waals surface area contributed by atoms with Gasteiger partial charge in [0.2, 0.25) is 5.95 Å². The van der Waals surface area contributed by atoms with Gasteiger partial charge in [-0.05, 0) is 43.3 Å². The summed E-state index contributed by atoms with van der Waals surface area (Å²) in [6.45, 7) is 1.71. The number of hydrogen-bond donors (Lipinski definition) is 2. The smallest absolute Gasteiger partial charge is 0.274 e. The van der Waals surface area contributed by atoms with Crippen molar-refractivity contribution in [1.82, 2.24) is 9.97 Å². The fraction of sp³-hybridized carbons (Fsp3) is 0.0556. The van der Waals surface area contributed by atoms with Gasteiger partial charge >= 0.3 is 0 Å². The van der Waals surface area contributed by atoms with Gasteiger partial charge in [0.1, 0.15) is 5.69 Å². The number of anilines is 3. The molecule has 3 aromatic rings. The average molecular weight is 375 g/mol. The number of carbonyl (C=O) groups excluding carboxylic acids is 1. The van der Waals surface area contributed by atoms with Crippen LogP contribution in [0, 0.1) is 18.6 Å². The summed E-state index contributed by atoms with van der Waals surface area (Å²) in [5.41, 5.74) is 1.41. The molecule has 0 aliphatic heterocycles. The van der Waals surface area contributed by atoms with Crippen LogP contribution in [0.25, 0.3) is 0 Å². The fourth-order valence-corrected chi connectivity index (χ4v) is 2.40. The van der Waals surface area contributed by atoms with E-state index in [4.69, 9.17) is 11.6 Å². The fourth-order valence-electron chi connectivity index (χ4n) is 2.21. The van der Waals surface area contributed by atoms with E-state index in [1.165, 1.54) is 12.1 Å². The zero-order valence-corrected chi connectivity index (χ0v) is 14.3. The second-order valence-electron chi connectivity index (χ2n) is 5.44. The molecule has 3 rings (SSSR count). The van der Waals surface area contributed by atoms with E-state index in [0.29, 0.717) is 16.4 Å². The van der Waals surface area contributed by atoms with E-state index in [0.717, 1.165) is 12.1 Å². The van der Waals surface area contributed by atoms with Crippen LogP contribution < -0.4 is 10.6 Å². The lowest BCUT2D eigenvalue weighted by Crippen LogP contribution is -2.15. The van der Waals surface area contributed by atoms with Gasteiger partial charge < -0.3 is 10.6 Å². The Labute approximate surface area is 153 Å². The molecule has 0 saturated carbocycles. The number of halogens is 3. The standard InChI is InChI=1S/C18H13ClF2N4O/c1-10-7-16(17(26)23-13-5-6-14(20)15(21)9-13)25-18(22-10)24-12-4-2-3-11(19)8-12/h2-9H,1H3,(H,23,26)(H,22,24,25). The van der Waals surface area contributed by atoms with Crippen molar-refractivity contribution in [3.63, 3.8) is 0 Å². The molecule has 0 spiro atoms. The summed E-state index contributed by atoms with van der Waals surface area (Å²) in [7, 11) is 0. The summed E-state index contributed by atoms with van der Waals surface area (Å²) in [5, 5.41) is 5.97. The van der Waals surface area contributed by atoms with Crippen LogP contribution in [0.4, 0.5) is 26.1 Å². The van der Waals surface area contributed by atoms with E-state index < -0.39 is 17.5 Å². The van der Waals surface area contributed by atoms with Gasteiger partial charge in [-0.3, -0.25) is 4.79 Å². The molecule has 5 nitrogen and oxygen atoms in total. The Morgan fingerprint density at radius 1 is 1.00 bits per heavy atom. The highest BCUT2D eigenvalue weighted by atomic mass is 35.5. The molecule has 1 amide bonds. The van der Waals surface area contributed by atoms with Gasteiger partial charge in [-0.2, -0.15) is 0 Å². The molecule has 0 aliphatic carbocycles. The zero-order chi connectivity index (χ0) is 18.7. The van der Waals surface area contributed by atoms with Crippen LogP contribution >= 0.6 is 11.6 Å². The predicted octanol–water partition coefficient (Wildman–Crippen LogP) is 4.71. The van der Waals surface area contributed by atoms with Crippen molar-refractivity contribution in [2.75, 3.05) is 10.6 Å². The molecule has 0 radical (unpaired) electrons. The highest BCUT2D eigenvalue weighted by molar-refractivity contribution is 6.30. The first-order valence-electron chi connectivity index (χ1n) is 7.55. The third-order valence-electron chi connectivity index (χ3n) is 3.35. The molecular weight excluding hydrogens is 362 g/mol. The maximum atomic E-state index is 13.3. The molecule has 0 unspecified atom stereocenters. The van der Waals surface area contributed by atoms with Crippen molar-refractivity contribution in [2.24, 2.45) is 0 Å². The Balaban J connectivity index is 1.82. The number of hydrogen-bond acceptors (Lipinski definition) is 4. The maximum absolute atomic E-state index is 13.3. The predicted molar refractivity (Wildman–Crippen MR) is 95.8 cm³/mol. The molecule has 0 aliphatic rings. The number of nitrogens with one attached hydrogen (secondary N) is 2. The second-order valence-corrected chi connectivity index (χ2v) is 5.87. The van der Waals surface area contributed by atoms with Crippen LogP contribution in [0.2, 0.25) is 5.02 Å². The molecule has 26 heavy (non-hydrogen) atoms. The third kappa shape index (κ3) is 4.31. The van der Waals surface area contributed by atoms with Crippen molar-refractivity contribution in [3.8, 4) is 0 Å². The van der Waals surface area contributed by atoms with E-state index in [9.17, 15) is 13.6 Å².